The summed E-state index contributed by atoms with van der Waals surface area (Å²) in [7, 11) is 0. The van der Waals surface area contributed by atoms with Crippen LogP contribution in [0.5, 0.6) is 5.75 Å². The molecule has 0 saturated carbocycles. The first-order valence-corrected chi connectivity index (χ1v) is 10.5. The van der Waals surface area contributed by atoms with E-state index in [1.807, 2.05) is 19.1 Å². The normalized spacial score (nSPS) is 11.7. The standard InChI is InChI=1S/C22H21ClF3NOS/c1-3-5-14-6-11-19(15(4-2)12-14)28-13-18-20(16-7-9-17(23)10-8-16)27-29-21(18)22(24,25)26/h6-12H,3-5,13H2,1-2H3. The summed E-state index contributed by atoms with van der Waals surface area (Å²) < 4.78 is 50.6. The fourth-order valence-corrected chi connectivity index (χ4v) is 4.04. The number of hydrogen-bond acceptors (Lipinski definition) is 3. The average Bonchev–Trinajstić information content (AvgIpc) is 3.12. The number of hydrogen-bond donors (Lipinski definition) is 0. The van der Waals surface area contributed by atoms with Crippen LogP contribution in [-0.2, 0) is 25.6 Å². The fourth-order valence-electron chi connectivity index (χ4n) is 3.14. The van der Waals surface area contributed by atoms with E-state index >= 15 is 0 Å². The van der Waals surface area contributed by atoms with E-state index in [0.29, 0.717) is 27.9 Å². The Morgan fingerprint density at radius 1 is 1.07 bits per heavy atom. The van der Waals surface area contributed by atoms with E-state index in [1.54, 1.807) is 24.3 Å². The molecule has 0 saturated heterocycles. The Morgan fingerprint density at radius 2 is 1.79 bits per heavy atom. The summed E-state index contributed by atoms with van der Waals surface area (Å²) in [5, 5.41) is 0.512. The molecule has 3 rings (SSSR count). The van der Waals surface area contributed by atoms with Gasteiger partial charge in [-0.3, -0.25) is 0 Å². The lowest BCUT2D eigenvalue weighted by Gasteiger charge is -2.14. The molecule has 2 aromatic carbocycles. The van der Waals surface area contributed by atoms with E-state index in [1.165, 1.54) is 5.56 Å². The van der Waals surface area contributed by atoms with E-state index in [0.717, 1.165) is 24.8 Å². The van der Waals surface area contributed by atoms with Gasteiger partial charge in [-0.1, -0.05) is 56.1 Å². The zero-order valence-corrected chi connectivity index (χ0v) is 17.7. The van der Waals surface area contributed by atoms with Crippen molar-refractivity contribution in [1.82, 2.24) is 4.37 Å². The molecule has 0 spiro atoms. The molecule has 29 heavy (non-hydrogen) atoms. The van der Waals surface area contributed by atoms with E-state index < -0.39 is 11.1 Å². The van der Waals surface area contributed by atoms with Crippen LogP contribution in [0.25, 0.3) is 11.3 Å². The minimum absolute atomic E-state index is 0.0458. The van der Waals surface area contributed by atoms with Crippen LogP contribution in [0, 0.1) is 0 Å². The summed E-state index contributed by atoms with van der Waals surface area (Å²) in [6.07, 6.45) is -1.76. The summed E-state index contributed by atoms with van der Waals surface area (Å²) in [6.45, 7) is 3.91. The highest BCUT2D eigenvalue weighted by atomic mass is 35.5. The molecule has 0 bridgehead atoms. The molecule has 7 heteroatoms. The van der Waals surface area contributed by atoms with Crippen molar-refractivity contribution in [3.63, 3.8) is 0 Å². The number of ether oxygens (including phenoxy) is 1. The van der Waals surface area contributed by atoms with Crippen molar-refractivity contribution >= 4 is 23.1 Å². The van der Waals surface area contributed by atoms with Crippen molar-refractivity contribution in [2.24, 2.45) is 0 Å². The highest BCUT2D eigenvalue weighted by Crippen LogP contribution is 2.40. The van der Waals surface area contributed by atoms with E-state index in [-0.39, 0.29) is 17.9 Å². The van der Waals surface area contributed by atoms with Gasteiger partial charge in [0.15, 0.2) is 0 Å². The van der Waals surface area contributed by atoms with Crippen molar-refractivity contribution in [3.8, 4) is 17.0 Å². The van der Waals surface area contributed by atoms with Gasteiger partial charge in [-0.25, -0.2) is 0 Å². The maximum atomic E-state index is 13.5. The molecule has 3 aromatic rings. The van der Waals surface area contributed by atoms with Gasteiger partial charge in [-0.15, -0.1) is 0 Å². The summed E-state index contributed by atoms with van der Waals surface area (Å²) >= 11 is 6.35. The quantitative estimate of drug-likeness (QED) is 0.378. The Morgan fingerprint density at radius 3 is 2.41 bits per heavy atom. The van der Waals surface area contributed by atoms with Gasteiger partial charge in [0.2, 0.25) is 0 Å². The van der Waals surface area contributed by atoms with Crippen molar-refractivity contribution in [2.75, 3.05) is 0 Å². The third-order valence-electron chi connectivity index (χ3n) is 4.58. The molecule has 2 nitrogen and oxygen atoms in total. The lowest BCUT2D eigenvalue weighted by atomic mass is 10.0. The molecule has 0 aliphatic rings. The monoisotopic (exact) mass is 439 g/mol. The number of rotatable bonds is 7. The Kier molecular flexibility index (Phi) is 6.85. The van der Waals surface area contributed by atoms with Gasteiger partial charge in [0.25, 0.3) is 0 Å². The van der Waals surface area contributed by atoms with Gasteiger partial charge in [0.05, 0.1) is 5.69 Å². The second-order valence-electron chi connectivity index (χ2n) is 6.68. The highest BCUT2D eigenvalue weighted by Gasteiger charge is 2.38. The molecule has 0 radical (unpaired) electrons. The predicted octanol–water partition coefficient (Wildman–Crippen LogP) is 7.58. The van der Waals surface area contributed by atoms with Crippen LogP contribution in [0.4, 0.5) is 13.2 Å². The van der Waals surface area contributed by atoms with Crippen molar-refractivity contribution in [3.05, 3.63) is 69.1 Å². The van der Waals surface area contributed by atoms with Crippen LogP contribution in [-0.4, -0.2) is 4.37 Å². The number of aromatic nitrogens is 1. The average molecular weight is 440 g/mol. The van der Waals surface area contributed by atoms with Crippen LogP contribution in [0.3, 0.4) is 0 Å². The van der Waals surface area contributed by atoms with E-state index in [9.17, 15) is 13.2 Å². The number of nitrogens with zero attached hydrogens (tertiary/aromatic N) is 1. The molecule has 1 heterocycles. The molecule has 0 aliphatic carbocycles. The minimum atomic E-state index is -4.49. The molecular formula is C22H21ClF3NOS. The smallest absolute Gasteiger partial charge is 0.427 e. The predicted molar refractivity (Wildman–Crippen MR) is 112 cm³/mol. The van der Waals surface area contributed by atoms with Crippen LogP contribution in [0.2, 0.25) is 5.02 Å². The molecule has 0 aliphatic heterocycles. The first-order chi connectivity index (χ1) is 13.8. The third kappa shape index (κ3) is 5.11. The number of benzene rings is 2. The molecule has 0 fully saturated rings. The van der Waals surface area contributed by atoms with Crippen molar-refractivity contribution in [2.45, 2.75) is 45.9 Å². The van der Waals surface area contributed by atoms with Gasteiger partial charge >= 0.3 is 6.18 Å². The first-order valence-electron chi connectivity index (χ1n) is 9.39. The Balaban J connectivity index is 1.94. The number of halogens is 4. The number of aryl methyl sites for hydroxylation is 2. The zero-order chi connectivity index (χ0) is 21.0. The second kappa shape index (κ2) is 9.18. The van der Waals surface area contributed by atoms with Crippen molar-refractivity contribution < 1.29 is 17.9 Å². The van der Waals surface area contributed by atoms with Gasteiger partial charge in [0, 0.05) is 16.1 Å². The van der Waals surface area contributed by atoms with Crippen LogP contribution < -0.4 is 4.74 Å². The van der Waals surface area contributed by atoms with Crippen molar-refractivity contribution in [1.29, 1.82) is 0 Å². The minimum Gasteiger partial charge on any atom is -0.488 e. The van der Waals surface area contributed by atoms with Gasteiger partial charge in [-0.05, 0) is 53.7 Å². The third-order valence-corrected chi connectivity index (χ3v) is 5.77. The van der Waals surface area contributed by atoms with Gasteiger partial charge in [-0.2, -0.15) is 17.5 Å². The lowest BCUT2D eigenvalue weighted by molar-refractivity contribution is -0.135. The summed E-state index contributed by atoms with van der Waals surface area (Å²) in [6, 6.07) is 12.5. The maximum Gasteiger partial charge on any atom is 0.427 e. The Labute approximate surface area is 177 Å². The second-order valence-corrected chi connectivity index (χ2v) is 7.89. The van der Waals surface area contributed by atoms with E-state index in [2.05, 4.69) is 17.4 Å². The largest absolute Gasteiger partial charge is 0.488 e. The molecule has 154 valence electrons. The summed E-state index contributed by atoms with van der Waals surface area (Å²) in [5.41, 5.74) is 3.09. The molecule has 1 aromatic heterocycles. The zero-order valence-electron chi connectivity index (χ0n) is 16.1. The summed E-state index contributed by atoms with van der Waals surface area (Å²) in [4.78, 5) is -0.733. The van der Waals surface area contributed by atoms with E-state index in [4.69, 9.17) is 16.3 Å². The lowest BCUT2D eigenvalue weighted by Crippen LogP contribution is -2.09. The van der Waals surface area contributed by atoms with Gasteiger partial charge in [0.1, 0.15) is 17.2 Å². The molecule has 0 atom stereocenters. The van der Waals surface area contributed by atoms with Gasteiger partial charge < -0.3 is 4.74 Å². The van der Waals surface area contributed by atoms with Crippen LogP contribution in [0.1, 0.15) is 41.8 Å². The summed E-state index contributed by atoms with van der Waals surface area (Å²) in [5.74, 6) is 0.605. The molecule has 0 N–H and O–H groups in total. The fraction of sp³-hybridized carbons (Fsp3) is 0.318. The van der Waals surface area contributed by atoms with Crippen LogP contribution in [0.15, 0.2) is 42.5 Å². The van der Waals surface area contributed by atoms with Crippen LogP contribution >= 0.6 is 23.1 Å². The SMILES string of the molecule is CCCc1ccc(OCc2c(-c3ccc(Cl)cc3)nsc2C(F)(F)F)c(CC)c1. The Bertz CT molecular complexity index is 967. The first kappa shape index (κ1) is 21.7. The molecule has 0 amide bonds. The topological polar surface area (TPSA) is 22.1 Å². The number of alkyl halides is 3. The highest BCUT2D eigenvalue weighted by molar-refractivity contribution is 7.06. The molecule has 0 unspecified atom stereocenters. The Hall–Kier alpha value is -2.05. The maximum absolute atomic E-state index is 13.5. The molecular weight excluding hydrogens is 419 g/mol.